The smallest absolute Gasteiger partial charge is 0.306 e. The number of carbonyl (C=O) groups excluding carboxylic acids is 1. The first-order valence-electron chi connectivity index (χ1n) is 28.0. The fraction of sp³-hybridized carbons (Fsp3) is 0.689. The predicted octanol–water partition coefficient (Wildman–Crippen LogP) is 14.5. The van der Waals surface area contributed by atoms with Crippen molar-refractivity contribution in [2.75, 3.05) is 26.4 Å². The van der Waals surface area contributed by atoms with Crippen molar-refractivity contribution in [3.63, 3.8) is 0 Å². The van der Waals surface area contributed by atoms with Crippen LogP contribution in [0.1, 0.15) is 206 Å². The third-order valence-electron chi connectivity index (χ3n) is 12.2. The van der Waals surface area contributed by atoms with Crippen LogP contribution >= 0.6 is 0 Å². The average molecular weight is 979 g/mol. The zero-order valence-corrected chi connectivity index (χ0v) is 44.2. The van der Waals surface area contributed by atoms with Gasteiger partial charge in [-0.15, -0.1) is 0 Å². The van der Waals surface area contributed by atoms with E-state index in [1.165, 1.54) is 77.0 Å². The summed E-state index contributed by atoms with van der Waals surface area (Å²) in [5, 5.41) is 40.4. The van der Waals surface area contributed by atoms with Gasteiger partial charge in [0, 0.05) is 13.0 Å². The van der Waals surface area contributed by atoms with Crippen LogP contribution in [0.3, 0.4) is 0 Å². The van der Waals surface area contributed by atoms with Crippen LogP contribution in [0.25, 0.3) is 0 Å². The molecule has 0 bridgehead atoms. The minimum atomic E-state index is -1.55. The molecule has 0 aromatic carbocycles. The van der Waals surface area contributed by atoms with Gasteiger partial charge in [0.1, 0.15) is 30.5 Å². The largest absolute Gasteiger partial charge is 0.457 e. The number of allylic oxidation sites excluding steroid dienone is 18. The Kier molecular flexibility index (Phi) is 47.1. The topological polar surface area (TPSA) is 135 Å². The highest BCUT2D eigenvalue weighted by Crippen LogP contribution is 2.23. The molecule has 9 nitrogen and oxygen atoms in total. The van der Waals surface area contributed by atoms with Crippen LogP contribution in [0.2, 0.25) is 0 Å². The van der Waals surface area contributed by atoms with Crippen molar-refractivity contribution in [3.05, 3.63) is 109 Å². The van der Waals surface area contributed by atoms with E-state index in [2.05, 4.69) is 123 Å². The molecule has 70 heavy (non-hydrogen) atoms. The first-order chi connectivity index (χ1) is 34.4. The molecule has 1 saturated heterocycles. The number of carbonyl (C=O) groups is 1. The molecule has 9 heteroatoms. The molecule has 0 amide bonds. The molecule has 0 aromatic rings. The third-order valence-corrected chi connectivity index (χ3v) is 12.2. The Bertz CT molecular complexity index is 1440. The molecule has 4 N–H and O–H groups in total. The van der Waals surface area contributed by atoms with E-state index in [1.807, 2.05) is 0 Å². The lowest BCUT2D eigenvalue weighted by atomic mass is 9.99. The Labute approximate surface area is 427 Å². The van der Waals surface area contributed by atoms with Crippen LogP contribution in [0.4, 0.5) is 0 Å². The predicted molar refractivity (Wildman–Crippen MR) is 293 cm³/mol. The van der Waals surface area contributed by atoms with Crippen molar-refractivity contribution in [3.8, 4) is 0 Å². The highest BCUT2D eigenvalue weighted by molar-refractivity contribution is 5.69. The van der Waals surface area contributed by atoms with Gasteiger partial charge in [0.2, 0.25) is 0 Å². The molecular weight excluding hydrogens is 877 g/mol. The molecule has 0 saturated carbocycles. The van der Waals surface area contributed by atoms with Crippen molar-refractivity contribution in [1.29, 1.82) is 0 Å². The number of esters is 1. The second-order valence-electron chi connectivity index (χ2n) is 18.6. The lowest BCUT2D eigenvalue weighted by Gasteiger charge is -2.39. The summed E-state index contributed by atoms with van der Waals surface area (Å²) in [6.45, 7) is 4.31. The van der Waals surface area contributed by atoms with Crippen LogP contribution in [0.15, 0.2) is 109 Å². The number of rotatable bonds is 47. The minimum absolute atomic E-state index is 0.125. The van der Waals surface area contributed by atoms with Gasteiger partial charge in [-0.05, 0) is 96.3 Å². The molecule has 1 aliphatic heterocycles. The molecule has 0 radical (unpaired) electrons. The second-order valence-corrected chi connectivity index (χ2v) is 18.6. The Hall–Kier alpha value is -3.15. The van der Waals surface area contributed by atoms with Gasteiger partial charge in [0.15, 0.2) is 6.29 Å². The molecule has 6 unspecified atom stereocenters. The van der Waals surface area contributed by atoms with Crippen molar-refractivity contribution < 1.29 is 44.2 Å². The maximum absolute atomic E-state index is 12.9. The Morgan fingerprint density at radius 1 is 0.457 bits per heavy atom. The van der Waals surface area contributed by atoms with E-state index in [0.29, 0.717) is 13.0 Å². The van der Waals surface area contributed by atoms with Gasteiger partial charge in [0.05, 0.1) is 19.8 Å². The van der Waals surface area contributed by atoms with Crippen molar-refractivity contribution >= 4 is 5.97 Å². The fourth-order valence-corrected chi connectivity index (χ4v) is 7.92. The quantitative estimate of drug-likeness (QED) is 0.0267. The maximum Gasteiger partial charge on any atom is 0.306 e. The van der Waals surface area contributed by atoms with E-state index in [1.54, 1.807) is 0 Å². The molecule has 1 fully saturated rings. The summed E-state index contributed by atoms with van der Waals surface area (Å²) in [5.74, 6) is -0.325. The first-order valence-corrected chi connectivity index (χ1v) is 28.0. The van der Waals surface area contributed by atoms with Gasteiger partial charge in [-0.2, -0.15) is 0 Å². The third kappa shape index (κ3) is 40.4. The van der Waals surface area contributed by atoms with Crippen LogP contribution < -0.4 is 0 Å². The van der Waals surface area contributed by atoms with E-state index in [4.69, 9.17) is 18.9 Å². The van der Waals surface area contributed by atoms with Crippen LogP contribution in [-0.4, -0.2) is 89.6 Å². The van der Waals surface area contributed by atoms with Crippen LogP contribution in [0.5, 0.6) is 0 Å². The van der Waals surface area contributed by atoms with E-state index in [9.17, 15) is 25.2 Å². The van der Waals surface area contributed by atoms with E-state index in [0.717, 1.165) is 109 Å². The number of aliphatic hydroxyl groups is 4. The molecule has 6 atom stereocenters. The average Bonchev–Trinajstić information content (AvgIpc) is 3.36. The molecule has 0 spiro atoms. The number of aliphatic hydroxyl groups excluding tert-OH is 4. The van der Waals surface area contributed by atoms with Crippen molar-refractivity contribution in [1.82, 2.24) is 0 Å². The lowest BCUT2D eigenvalue weighted by Crippen LogP contribution is -2.59. The van der Waals surface area contributed by atoms with Gasteiger partial charge < -0.3 is 39.4 Å². The highest BCUT2D eigenvalue weighted by Gasteiger charge is 2.44. The summed E-state index contributed by atoms with van der Waals surface area (Å²) in [6.07, 6.45) is 65.5. The van der Waals surface area contributed by atoms with Crippen LogP contribution in [-0.2, 0) is 23.7 Å². The molecular formula is C61H102O9. The standard InChI is InChI=1S/C61H102O9/c1-3-5-7-9-11-13-15-17-19-21-23-25-27-29-31-33-35-37-39-41-43-45-47-49-51-67-53-55(54-68-61-60(66)59(65)58(64)56(52-62)70-61)69-57(63)50-48-46-44-42-40-38-36-34-32-30-28-26-24-22-20-18-16-14-12-10-8-6-4-2/h5-8,11-14,17-20,23-26,29,31,55-56,58-62,64-66H,3-4,9-10,15-16,21-22,27-28,30,32-54H2,1-2H3/b7-5-,8-6-,13-11-,14-12-,19-17-,20-18-,25-23-,26-24-,31-29-. The molecule has 400 valence electrons. The normalized spacial score (nSPS) is 19.8. The van der Waals surface area contributed by atoms with E-state index in [-0.39, 0.29) is 19.2 Å². The fourth-order valence-electron chi connectivity index (χ4n) is 7.92. The van der Waals surface area contributed by atoms with Crippen LogP contribution in [0, 0.1) is 0 Å². The summed E-state index contributed by atoms with van der Waals surface area (Å²) in [4.78, 5) is 12.9. The summed E-state index contributed by atoms with van der Waals surface area (Å²) in [5.41, 5.74) is 0. The highest BCUT2D eigenvalue weighted by atomic mass is 16.7. The summed E-state index contributed by atoms with van der Waals surface area (Å²) in [7, 11) is 0. The zero-order chi connectivity index (χ0) is 50.6. The summed E-state index contributed by atoms with van der Waals surface area (Å²) < 4.78 is 22.9. The Morgan fingerprint density at radius 2 is 0.829 bits per heavy atom. The Morgan fingerprint density at radius 3 is 1.24 bits per heavy atom. The minimum Gasteiger partial charge on any atom is -0.457 e. The van der Waals surface area contributed by atoms with Crippen molar-refractivity contribution in [2.45, 2.75) is 243 Å². The van der Waals surface area contributed by atoms with E-state index >= 15 is 0 Å². The SMILES string of the molecule is CC/C=C\C/C=C\C/C=C\C/C=C\C/C=C\CCCCCCCCCCOCC(COC1OC(CO)C(O)C(O)C1O)OC(=O)CCCCCCCCCCCC/C=C\C/C=C\C/C=C\C/C=C\CC. The summed E-state index contributed by atoms with van der Waals surface area (Å²) in [6, 6.07) is 0. The van der Waals surface area contributed by atoms with E-state index < -0.39 is 43.4 Å². The number of ether oxygens (including phenoxy) is 4. The molecule has 0 aromatic heterocycles. The molecule has 1 aliphatic rings. The van der Waals surface area contributed by atoms with Crippen molar-refractivity contribution in [2.24, 2.45) is 0 Å². The lowest BCUT2D eigenvalue weighted by molar-refractivity contribution is -0.305. The molecule has 0 aliphatic carbocycles. The second kappa shape index (κ2) is 50.8. The van der Waals surface area contributed by atoms with Gasteiger partial charge in [-0.3, -0.25) is 4.79 Å². The maximum atomic E-state index is 12.9. The number of hydrogen-bond acceptors (Lipinski definition) is 9. The first kappa shape index (κ1) is 64.9. The van der Waals surface area contributed by atoms with Gasteiger partial charge >= 0.3 is 5.97 Å². The molecule has 1 rings (SSSR count). The molecule has 1 heterocycles. The number of hydrogen-bond donors (Lipinski definition) is 4. The Balaban J connectivity index is 2.19. The summed E-state index contributed by atoms with van der Waals surface area (Å²) >= 11 is 0. The monoisotopic (exact) mass is 979 g/mol. The van der Waals surface area contributed by atoms with Gasteiger partial charge in [0.25, 0.3) is 0 Å². The van der Waals surface area contributed by atoms with Gasteiger partial charge in [-0.25, -0.2) is 0 Å². The number of unbranched alkanes of at least 4 members (excludes halogenated alkanes) is 18. The zero-order valence-electron chi connectivity index (χ0n) is 44.2. The van der Waals surface area contributed by atoms with Gasteiger partial charge in [-0.1, -0.05) is 213 Å².